The molecule has 0 saturated carbocycles. The summed E-state index contributed by atoms with van der Waals surface area (Å²) in [5.74, 6) is -0.200. The maximum Gasteiger partial charge on any atom is 0.283 e. The summed E-state index contributed by atoms with van der Waals surface area (Å²) in [6.45, 7) is 2.26. The molecule has 0 bridgehead atoms. The van der Waals surface area contributed by atoms with Crippen molar-refractivity contribution in [3.05, 3.63) is 63.9 Å². The number of carbonyl (C=O) groups excluding carboxylic acids is 1. The van der Waals surface area contributed by atoms with Gasteiger partial charge in [0, 0.05) is 0 Å². The molecule has 1 N–H and O–H groups in total. The number of rotatable bonds is 8. The lowest BCUT2D eigenvalue weighted by atomic mass is 10.1. The zero-order valence-corrected chi connectivity index (χ0v) is 20.2. The van der Waals surface area contributed by atoms with E-state index in [1.54, 1.807) is 24.3 Å². The van der Waals surface area contributed by atoms with Gasteiger partial charge in [-0.05, 0) is 66.1 Å². The predicted octanol–water partition coefficient (Wildman–Crippen LogP) is 5.88. The summed E-state index contributed by atoms with van der Waals surface area (Å²) in [6, 6.07) is 9.23. The zero-order valence-electron chi connectivity index (χ0n) is 18.6. The second-order valence-electron chi connectivity index (χ2n) is 7.57. The summed E-state index contributed by atoms with van der Waals surface area (Å²) in [5, 5.41) is 15.9. The van der Waals surface area contributed by atoms with Gasteiger partial charge in [-0.3, -0.25) is 10.2 Å². The number of thioether (sulfide) groups is 1. The molecule has 1 amide bonds. The van der Waals surface area contributed by atoms with Crippen molar-refractivity contribution in [1.29, 1.82) is 5.41 Å². The van der Waals surface area contributed by atoms with Gasteiger partial charge in [0.2, 0.25) is 5.17 Å². The van der Waals surface area contributed by atoms with Gasteiger partial charge in [-0.15, -0.1) is 0 Å². The number of methoxy groups -OCH3 is 1. The van der Waals surface area contributed by atoms with Crippen LogP contribution in [0.5, 0.6) is 11.5 Å². The Morgan fingerprint density at radius 3 is 2.74 bits per heavy atom. The number of hydrogen-bond acceptors (Lipinski definition) is 6. The van der Waals surface area contributed by atoms with Crippen LogP contribution in [0.4, 0.5) is 4.39 Å². The summed E-state index contributed by atoms with van der Waals surface area (Å²) in [7, 11) is 1.48. The number of amidine groups is 2. The Labute approximate surface area is 205 Å². The molecule has 34 heavy (non-hydrogen) atoms. The number of amides is 1. The highest BCUT2D eigenvalue weighted by atomic mass is 35.5. The van der Waals surface area contributed by atoms with Gasteiger partial charge in [0.05, 0.1) is 17.7 Å². The number of fused-ring (bicyclic) bond motifs is 1. The molecule has 2 aliphatic rings. The molecule has 2 heterocycles. The van der Waals surface area contributed by atoms with Crippen LogP contribution in [0, 0.1) is 11.2 Å². The molecule has 2 aliphatic heterocycles. The predicted molar refractivity (Wildman–Crippen MR) is 133 cm³/mol. The topological polar surface area (TPSA) is 87.3 Å². The molecule has 0 aromatic heterocycles. The average Bonchev–Trinajstić information content (AvgIpc) is 3.23. The number of halogens is 2. The van der Waals surface area contributed by atoms with Gasteiger partial charge in [0.25, 0.3) is 5.91 Å². The van der Waals surface area contributed by atoms with Gasteiger partial charge >= 0.3 is 0 Å². The van der Waals surface area contributed by atoms with E-state index in [4.69, 9.17) is 26.5 Å². The third-order valence-electron chi connectivity index (χ3n) is 5.10. The third kappa shape index (κ3) is 5.15. The minimum Gasteiger partial charge on any atom is -0.493 e. The van der Waals surface area contributed by atoms with Crippen LogP contribution in [-0.2, 0) is 11.4 Å². The number of nitrogens with zero attached hydrogens (tertiary/aromatic N) is 3. The van der Waals surface area contributed by atoms with Crippen molar-refractivity contribution >= 4 is 51.4 Å². The SMILES string of the molecule is CCCCC1=NN2C(=N)/C(=C/c3cc(Cl)c(OCc4ccc(F)cc4)c(OC)c3)C(=O)N=C2S1. The van der Waals surface area contributed by atoms with Crippen LogP contribution in [0.25, 0.3) is 6.08 Å². The van der Waals surface area contributed by atoms with Gasteiger partial charge in [0.15, 0.2) is 17.3 Å². The molecule has 0 fully saturated rings. The van der Waals surface area contributed by atoms with Crippen molar-refractivity contribution in [2.45, 2.75) is 32.8 Å². The average molecular weight is 501 g/mol. The minimum atomic E-state index is -0.512. The molecule has 2 aromatic carbocycles. The Hall–Kier alpha value is -3.17. The van der Waals surface area contributed by atoms with Gasteiger partial charge in [-0.2, -0.15) is 15.1 Å². The summed E-state index contributed by atoms with van der Waals surface area (Å²) >= 11 is 7.78. The minimum absolute atomic E-state index is 0.0410. The second-order valence-corrected chi connectivity index (χ2v) is 9.01. The van der Waals surface area contributed by atoms with Gasteiger partial charge in [0.1, 0.15) is 17.5 Å². The fourth-order valence-electron chi connectivity index (χ4n) is 3.33. The van der Waals surface area contributed by atoms with Crippen LogP contribution < -0.4 is 9.47 Å². The number of hydrogen-bond donors (Lipinski definition) is 1. The van der Waals surface area contributed by atoms with E-state index >= 15 is 0 Å². The molecule has 176 valence electrons. The van der Waals surface area contributed by atoms with E-state index in [0.717, 1.165) is 29.9 Å². The number of ether oxygens (including phenoxy) is 2. The summed E-state index contributed by atoms with van der Waals surface area (Å²) in [4.78, 5) is 16.8. The molecule has 2 aromatic rings. The van der Waals surface area contributed by atoms with E-state index < -0.39 is 5.91 Å². The number of hydrazone groups is 1. The first-order valence-corrected chi connectivity index (χ1v) is 11.8. The van der Waals surface area contributed by atoms with Crippen molar-refractivity contribution in [2.75, 3.05) is 7.11 Å². The number of benzene rings is 2. The first-order valence-electron chi connectivity index (χ1n) is 10.6. The standard InChI is InChI=1S/C24H22ClFN4O3S/c1-3-4-5-20-29-30-22(27)17(23(31)28-24(30)34-20)10-15-11-18(25)21(19(12-15)32-2)33-13-14-6-8-16(26)9-7-14/h6-12,27H,3-5,13H2,1-2H3/b17-10-,27-22?. The fraction of sp³-hybridized carbons (Fsp3) is 0.250. The maximum atomic E-state index is 13.1. The van der Waals surface area contributed by atoms with Crippen molar-refractivity contribution in [1.82, 2.24) is 5.01 Å². The van der Waals surface area contributed by atoms with Crippen molar-refractivity contribution < 1.29 is 18.7 Å². The molecule has 0 aliphatic carbocycles. The molecule has 0 unspecified atom stereocenters. The van der Waals surface area contributed by atoms with Crippen LogP contribution >= 0.6 is 23.4 Å². The number of carbonyl (C=O) groups is 1. The number of aliphatic imine (C=N–C) groups is 1. The van der Waals surface area contributed by atoms with Gasteiger partial charge in [-0.1, -0.05) is 37.1 Å². The normalized spacial score (nSPS) is 16.5. The van der Waals surface area contributed by atoms with Crippen molar-refractivity contribution in [3.8, 4) is 11.5 Å². The van der Waals surface area contributed by atoms with Crippen LogP contribution in [0.3, 0.4) is 0 Å². The summed E-state index contributed by atoms with van der Waals surface area (Å²) in [5.41, 5.74) is 1.41. The molecule has 0 atom stereocenters. The van der Waals surface area contributed by atoms with Crippen LogP contribution in [0.1, 0.15) is 37.3 Å². The Balaban J connectivity index is 1.57. The third-order valence-corrected chi connectivity index (χ3v) is 6.35. The second kappa shape index (κ2) is 10.4. The van der Waals surface area contributed by atoms with E-state index in [1.165, 1.54) is 42.1 Å². The lowest BCUT2D eigenvalue weighted by molar-refractivity contribution is -0.114. The molecule has 0 spiro atoms. The quantitative estimate of drug-likeness (QED) is 0.457. The smallest absolute Gasteiger partial charge is 0.283 e. The van der Waals surface area contributed by atoms with E-state index in [0.29, 0.717) is 22.2 Å². The highest BCUT2D eigenvalue weighted by Crippen LogP contribution is 2.38. The molecule has 10 heteroatoms. The number of unbranched alkanes of at least 4 members (excludes halogenated alkanes) is 1. The molecule has 7 nitrogen and oxygen atoms in total. The van der Waals surface area contributed by atoms with Crippen molar-refractivity contribution in [2.24, 2.45) is 10.1 Å². The maximum absolute atomic E-state index is 13.1. The largest absolute Gasteiger partial charge is 0.493 e. The Bertz CT molecular complexity index is 1230. The van der Waals surface area contributed by atoms with E-state index in [2.05, 4.69) is 17.0 Å². The number of nitrogens with one attached hydrogen (secondary N) is 1. The summed E-state index contributed by atoms with van der Waals surface area (Å²) in [6.07, 6.45) is 4.32. The van der Waals surface area contributed by atoms with E-state index in [-0.39, 0.29) is 28.9 Å². The Morgan fingerprint density at radius 1 is 1.26 bits per heavy atom. The first-order chi connectivity index (χ1) is 16.4. The van der Waals surface area contributed by atoms with Gasteiger partial charge in [-0.25, -0.2) is 4.39 Å². The fourth-order valence-corrected chi connectivity index (χ4v) is 4.53. The molecular weight excluding hydrogens is 479 g/mol. The van der Waals surface area contributed by atoms with Crippen LogP contribution in [0.2, 0.25) is 5.02 Å². The van der Waals surface area contributed by atoms with Gasteiger partial charge < -0.3 is 9.47 Å². The monoisotopic (exact) mass is 500 g/mol. The van der Waals surface area contributed by atoms with E-state index in [1.807, 2.05) is 0 Å². The molecule has 0 radical (unpaired) electrons. The Morgan fingerprint density at radius 2 is 2.03 bits per heavy atom. The Kier molecular flexibility index (Phi) is 7.33. The first kappa shape index (κ1) is 24.0. The molecule has 0 saturated heterocycles. The van der Waals surface area contributed by atoms with Crippen molar-refractivity contribution in [3.63, 3.8) is 0 Å². The lowest BCUT2D eigenvalue weighted by Gasteiger charge is -2.20. The highest BCUT2D eigenvalue weighted by Gasteiger charge is 2.35. The van der Waals surface area contributed by atoms with E-state index in [9.17, 15) is 9.18 Å². The molecule has 4 rings (SSSR count). The van der Waals surface area contributed by atoms with Crippen LogP contribution in [0.15, 0.2) is 52.1 Å². The lowest BCUT2D eigenvalue weighted by Crippen LogP contribution is -2.35. The highest BCUT2D eigenvalue weighted by molar-refractivity contribution is 8.26. The zero-order chi connectivity index (χ0) is 24.2. The molecular formula is C24H22ClFN4O3S. The van der Waals surface area contributed by atoms with Crippen LogP contribution in [-0.4, -0.2) is 34.1 Å². The summed E-state index contributed by atoms with van der Waals surface area (Å²) < 4.78 is 24.4.